The van der Waals surface area contributed by atoms with Crippen molar-refractivity contribution in [3.05, 3.63) is 18.0 Å². The molecule has 0 bridgehead atoms. The van der Waals surface area contributed by atoms with Gasteiger partial charge in [-0.2, -0.15) is 13.2 Å². The van der Waals surface area contributed by atoms with E-state index >= 15 is 0 Å². The number of anilines is 1. The van der Waals surface area contributed by atoms with Gasteiger partial charge >= 0.3 is 6.18 Å². The first kappa shape index (κ1) is 25.4. The number of hydrazine groups is 1. The second kappa shape index (κ2) is 11.3. The number of halogens is 4. The maximum atomic E-state index is 12.6. The van der Waals surface area contributed by atoms with Crippen LogP contribution in [0.2, 0.25) is 0 Å². The molecule has 0 saturated carbocycles. The summed E-state index contributed by atoms with van der Waals surface area (Å²) in [6, 6.07) is 0. The van der Waals surface area contributed by atoms with E-state index in [4.69, 9.17) is 21.1 Å². The Balaban J connectivity index is 1.33. The smallest absolute Gasteiger partial charge is 0.376 e. The molecule has 3 heterocycles. The number of hydrogen-bond acceptors (Lipinski definition) is 8. The largest absolute Gasteiger partial charge is 0.419 e. The quantitative estimate of drug-likeness (QED) is 0.505. The second-order valence-corrected chi connectivity index (χ2v) is 8.18. The Morgan fingerprint density at radius 3 is 2.58 bits per heavy atom. The normalized spacial score (nSPS) is 22.8. The number of carbonyl (C=O) groups is 2. The molecule has 14 heteroatoms. The van der Waals surface area contributed by atoms with Crippen LogP contribution >= 0.6 is 11.6 Å². The van der Waals surface area contributed by atoms with Crippen LogP contribution in [0.1, 0.15) is 18.9 Å². The van der Waals surface area contributed by atoms with E-state index in [0.717, 1.165) is 12.4 Å². The third-order valence-corrected chi connectivity index (χ3v) is 5.72. The molecule has 2 N–H and O–H groups in total. The van der Waals surface area contributed by atoms with Crippen molar-refractivity contribution in [1.82, 2.24) is 25.7 Å². The Bertz CT molecular complexity index is 808. The fourth-order valence-corrected chi connectivity index (χ4v) is 3.54. The fraction of sp³-hybridized carbons (Fsp3) is 0.684. The van der Waals surface area contributed by atoms with Crippen molar-refractivity contribution in [3.63, 3.8) is 0 Å². The van der Waals surface area contributed by atoms with Gasteiger partial charge in [0.1, 0.15) is 5.38 Å². The van der Waals surface area contributed by atoms with Crippen molar-refractivity contribution in [1.29, 1.82) is 0 Å². The van der Waals surface area contributed by atoms with Crippen LogP contribution in [0.15, 0.2) is 12.4 Å². The van der Waals surface area contributed by atoms with Crippen molar-refractivity contribution >= 4 is 29.4 Å². The molecule has 2 unspecified atom stereocenters. The molecule has 33 heavy (non-hydrogen) atoms. The Kier molecular flexibility index (Phi) is 8.68. The highest BCUT2D eigenvalue weighted by molar-refractivity contribution is 6.31. The van der Waals surface area contributed by atoms with Crippen LogP contribution in [0, 0.1) is 0 Å². The molecule has 1 aromatic rings. The maximum Gasteiger partial charge on any atom is 0.419 e. The minimum atomic E-state index is -4.48. The van der Waals surface area contributed by atoms with Crippen LogP contribution in [0.25, 0.3) is 0 Å². The average Bonchev–Trinajstić information content (AvgIpc) is 2.79. The van der Waals surface area contributed by atoms with Gasteiger partial charge in [-0.25, -0.2) is 15.4 Å². The SMILES string of the molecule is C[C@@H](COC1CNNC(=O)C1Cl)OCCC(=O)N1CCN(c2ncc(C(F)(F)F)cn2)CC1. The summed E-state index contributed by atoms with van der Waals surface area (Å²) in [5, 5.41) is -0.785. The maximum absolute atomic E-state index is 12.6. The molecular formula is C19H26ClF3N6O4. The topological polar surface area (TPSA) is 109 Å². The molecule has 0 spiro atoms. The summed E-state index contributed by atoms with van der Waals surface area (Å²) in [5.74, 6) is -0.223. The van der Waals surface area contributed by atoms with Crippen LogP contribution in [0.5, 0.6) is 0 Å². The number of aromatic nitrogens is 2. The van der Waals surface area contributed by atoms with Crippen molar-refractivity contribution < 1.29 is 32.2 Å². The van der Waals surface area contributed by atoms with E-state index in [1.807, 2.05) is 0 Å². The molecule has 184 valence electrons. The molecule has 10 nitrogen and oxygen atoms in total. The van der Waals surface area contributed by atoms with Gasteiger partial charge in [0.25, 0.3) is 5.91 Å². The first-order valence-corrected chi connectivity index (χ1v) is 10.9. The molecule has 3 rings (SSSR count). The summed E-state index contributed by atoms with van der Waals surface area (Å²) >= 11 is 6.00. The lowest BCUT2D eigenvalue weighted by Crippen LogP contribution is -2.57. The number of hydrogen-bond donors (Lipinski definition) is 2. The van der Waals surface area contributed by atoms with Crippen molar-refractivity contribution in [2.24, 2.45) is 0 Å². The van der Waals surface area contributed by atoms with Crippen molar-refractivity contribution in [2.45, 2.75) is 37.1 Å². The average molecular weight is 495 g/mol. The van der Waals surface area contributed by atoms with Crippen LogP contribution in [0.3, 0.4) is 0 Å². The zero-order valence-electron chi connectivity index (χ0n) is 18.0. The van der Waals surface area contributed by atoms with Gasteiger partial charge in [-0.05, 0) is 6.92 Å². The van der Waals surface area contributed by atoms with Gasteiger partial charge < -0.3 is 19.3 Å². The summed E-state index contributed by atoms with van der Waals surface area (Å²) in [6.45, 7) is 4.28. The first-order chi connectivity index (χ1) is 15.6. The van der Waals surface area contributed by atoms with Crippen LogP contribution in [0.4, 0.5) is 19.1 Å². The third-order valence-electron chi connectivity index (χ3n) is 5.24. The molecule has 0 aliphatic carbocycles. The first-order valence-electron chi connectivity index (χ1n) is 10.5. The van der Waals surface area contributed by atoms with Gasteiger partial charge in [0.2, 0.25) is 11.9 Å². The standard InChI is InChI=1S/C19H26ClF3N6O4/c1-12(11-33-14-10-26-27-17(31)16(14)20)32-7-2-15(30)28-3-5-29(6-4-28)18-24-8-13(9-25-18)19(21,22)23/h8-9,12,14,16,26H,2-7,10-11H2,1H3,(H,27,31)/t12-,14?,16?/m0/s1. The minimum Gasteiger partial charge on any atom is -0.376 e. The highest BCUT2D eigenvalue weighted by atomic mass is 35.5. The highest BCUT2D eigenvalue weighted by Crippen LogP contribution is 2.28. The van der Waals surface area contributed by atoms with Gasteiger partial charge in [-0.3, -0.25) is 15.0 Å². The molecule has 3 atom stereocenters. The van der Waals surface area contributed by atoms with Crippen LogP contribution in [-0.2, 0) is 25.2 Å². The van der Waals surface area contributed by atoms with E-state index in [1.54, 1.807) is 16.7 Å². The van der Waals surface area contributed by atoms with Gasteiger partial charge in [0.05, 0.1) is 37.4 Å². The number of nitrogens with zero attached hydrogens (tertiary/aromatic N) is 4. The number of ether oxygens (including phenoxy) is 2. The third kappa shape index (κ3) is 7.13. The summed E-state index contributed by atoms with van der Waals surface area (Å²) < 4.78 is 49.2. The van der Waals surface area contributed by atoms with Gasteiger partial charge in [-0.1, -0.05) is 0 Å². The summed E-state index contributed by atoms with van der Waals surface area (Å²) in [6.07, 6.45) is -3.54. The molecule has 2 aliphatic rings. The lowest BCUT2D eigenvalue weighted by molar-refractivity contribution is -0.138. The molecule has 0 aromatic carbocycles. The van der Waals surface area contributed by atoms with Crippen LogP contribution in [-0.4, -0.2) is 90.2 Å². The van der Waals surface area contributed by atoms with E-state index in [1.165, 1.54) is 0 Å². The number of carbonyl (C=O) groups excluding carboxylic acids is 2. The minimum absolute atomic E-state index is 0.0786. The van der Waals surface area contributed by atoms with Gasteiger partial charge in [0, 0.05) is 45.1 Å². The molecule has 2 amide bonds. The zero-order valence-corrected chi connectivity index (χ0v) is 18.7. The van der Waals surface area contributed by atoms with E-state index in [-0.39, 0.29) is 43.5 Å². The second-order valence-electron chi connectivity index (χ2n) is 7.71. The van der Waals surface area contributed by atoms with Crippen LogP contribution < -0.4 is 15.8 Å². The Hall–Kier alpha value is -2.22. The van der Waals surface area contributed by atoms with Gasteiger partial charge in [-0.15, -0.1) is 11.6 Å². The zero-order chi connectivity index (χ0) is 24.0. The molecule has 1 aromatic heterocycles. The fourth-order valence-electron chi connectivity index (χ4n) is 3.32. The monoisotopic (exact) mass is 494 g/mol. The molecular weight excluding hydrogens is 469 g/mol. The van der Waals surface area contributed by atoms with Crippen molar-refractivity contribution in [3.8, 4) is 0 Å². The number of amides is 2. The predicted molar refractivity (Wildman–Crippen MR) is 111 cm³/mol. The van der Waals surface area contributed by atoms with E-state index in [2.05, 4.69) is 20.8 Å². The summed E-state index contributed by atoms with van der Waals surface area (Å²) in [7, 11) is 0. The van der Waals surface area contributed by atoms with Gasteiger partial charge in [0.15, 0.2) is 0 Å². The van der Waals surface area contributed by atoms with E-state index < -0.39 is 23.2 Å². The molecule has 0 radical (unpaired) electrons. The number of rotatable bonds is 8. The highest BCUT2D eigenvalue weighted by Gasteiger charge is 2.32. The Morgan fingerprint density at radius 1 is 1.27 bits per heavy atom. The Labute approximate surface area is 193 Å². The number of nitrogens with one attached hydrogen (secondary N) is 2. The molecule has 2 saturated heterocycles. The van der Waals surface area contributed by atoms with E-state index in [9.17, 15) is 22.8 Å². The number of piperazine rings is 1. The lowest BCUT2D eigenvalue weighted by atomic mass is 10.2. The molecule has 2 fully saturated rings. The lowest BCUT2D eigenvalue weighted by Gasteiger charge is -2.34. The predicted octanol–water partition coefficient (Wildman–Crippen LogP) is 0.566. The summed E-state index contributed by atoms with van der Waals surface area (Å²) in [5.41, 5.74) is 4.22. The molecule has 2 aliphatic heterocycles. The summed E-state index contributed by atoms with van der Waals surface area (Å²) in [4.78, 5) is 34.9. The van der Waals surface area contributed by atoms with E-state index in [0.29, 0.717) is 32.7 Å². The number of alkyl halides is 4. The Morgan fingerprint density at radius 2 is 1.94 bits per heavy atom. The van der Waals surface area contributed by atoms with Crippen molar-refractivity contribution in [2.75, 3.05) is 50.8 Å².